The molecule has 1 atom stereocenters. The van der Waals surface area contributed by atoms with E-state index in [0.717, 1.165) is 30.0 Å². The minimum absolute atomic E-state index is 0.0543. The maximum absolute atomic E-state index is 13.3. The lowest BCUT2D eigenvalue weighted by Gasteiger charge is -2.11. The Hall–Kier alpha value is -2.16. The van der Waals surface area contributed by atoms with E-state index in [-0.39, 0.29) is 17.9 Å². The third-order valence-electron chi connectivity index (χ3n) is 2.31. The van der Waals surface area contributed by atoms with Gasteiger partial charge in [0.05, 0.1) is 5.75 Å². The number of anilines is 1. The van der Waals surface area contributed by atoms with Gasteiger partial charge in [0.1, 0.15) is 23.4 Å². The molecule has 0 saturated heterocycles. The predicted molar refractivity (Wildman–Crippen MR) is 72.9 cm³/mol. The van der Waals surface area contributed by atoms with Crippen molar-refractivity contribution in [2.75, 3.05) is 16.8 Å². The second-order valence-corrected chi connectivity index (χ2v) is 4.87. The second kappa shape index (κ2) is 8.20. The van der Waals surface area contributed by atoms with E-state index < -0.39 is 35.2 Å². The monoisotopic (exact) mass is 318 g/mol. The van der Waals surface area contributed by atoms with E-state index in [0.29, 0.717) is 0 Å². The number of nitrogens with one attached hydrogen (secondary N) is 2. The average molecular weight is 318 g/mol. The normalized spacial score (nSPS) is 11.5. The number of hydrogen-bond donors (Lipinski definition) is 3. The zero-order valence-corrected chi connectivity index (χ0v) is 11.5. The van der Waals surface area contributed by atoms with Crippen LogP contribution in [0.25, 0.3) is 0 Å². The first-order valence-corrected chi connectivity index (χ1v) is 6.85. The number of amides is 2. The van der Waals surface area contributed by atoms with Gasteiger partial charge in [0, 0.05) is 5.75 Å². The van der Waals surface area contributed by atoms with Gasteiger partial charge in [-0.15, -0.1) is 11.8 Å². The molecule has 1 rings (SSSR count). The highest BCUT2D eigenvalue weighted by molar-refractivity contribution is 8.00. The molecule has 1 aromatic carbocycles. The maximum atomic E-state index is 13.3. The molecule has 0 aliphatic heterocycles. The lowest BCUT2D eigenvalue weighted by molar-refractivity contribution is -0.139. The molecule has 9 heteroatoms. The molecular weight excluding hydrogens is 306 g/mol. The summed E-state index contributed by atoms with van der Waals surface area (Å²) in [5, 5.41) is 12.9. The molecule has 0 spiro atoms. The van der Waals surface area contributed by atoms with Gasteiger partial charge in [0.25, 0.3) is 0 Å². The van der Waals surface area contributed by atoms with Crippen LogP contribution in [-0.4, -0.2) is 40.9 Å². The molecule has 1 aromatic rings. The fourth-order valence-corrected chi connectivity index (χ4v) is 2.18. The van der Waals surface area contributed by atoms with Crippen LogP contribution in [0.5, 0.6) is 0 Å². The largest absolute Gasteiger partial charge is 0.480 e. The number of carbonyl (C=O) groups is 3. The van der Waals surface area contributed by atoms with E-state index in [4.69, 9.17) is 5.11 Å². The maximum Gasteiger partial charge on any atom is 0.327 e. The van der Waals surface area contributed by atoms with Crippen molar-refractivity contribution >= 4 is 35.7 Å². The predicted octanol–water partition coefficient (Wildman–Crippen LogP) is 0.836. The van der Waals surface area contributed by atoms with Crippen molar-refractivity contribution in [3.05, 3.63) is 29.8 Å². The van der Waals surface area contributed by atoms with Gasteiger partial charge < -0.3 is 15.7 Å². The minimum Gasteiger partial charge on any atom is -0.480 e. The Labute approximate surface area is 122 Å². The molecule has 6 nitrogen and oxygen atoms in total. The lowest BCUT2D eigenvalue weighted by atomic mass is 10.3. The number of rotatable bonds is 8. The minimum atomic E-state index is -1.24. The number of carboxylic acids is 1. The van der Waals surface area contributed by atoms with Gasteiger partial charge in [0.2, 0.25) is 12.3 Å². The number of hydrogen-bond acceptors (Lipinski definition) is 4. The molecule has 21 heavy (non-hydrogen) atoms. The van der Waals surface area contributed by atoms with Crippen molar-refractivity contribution in [3.8, 4) is 0 Å². The van der Waals surface area contributed by atoms with Crippen LogP contribution in [0, 0.1) is 11.6 Å². The molecule has 2 amide bonds. The van der Waals surface area contributed by atoms with Gasteiger partial charge in [-0.2, -0.15) is 0 Å². The fraction of sp³-hybridized carbons (Fsp3) is 0.250. The Morgan fingerprint density at radius 1 is 1.33 bits per heavy atom. The Kier molecular flexibility index (Phi) is 6.60. The second-order valence-electron chi connectivity index (χ2n) is 3.84. The van der Waals surface area contributed by atoms with Crippen LogP contribution in [-0.2, 0) is 14.4 Å². The van der Waals surface area contributed by atoms with E-state index in [1.807, 2.05) is 0 Å². The molecule has 0 bridgehead atoms. The standard InChI is InChI=1S/C12H12F2N2O4S/c13-7-2-1-3-8(14)11(7)16-10(18)5-21-4-9(12(19)20)15-6-17/h1-3,6,9H,4-5H2,(H,15,17)(H,16,18)(H,19,20). The molecule has 3 N–H and O–H groups in total. The fourth-order valence-electron chi connectivity index (χ4n) is 1.34. The molecule has 0 saturated carbocycles. The summed E-state index contributed by atoms with van der Waals surface area (Å²) in [7, 11) is 0. The van der Waals surface area contributed by atoms with Crippen LogP contribution in [0.2, 0.25) is 0 Å². The number of carbonyl (C=O) groups excluding carboxylic acids is 2. The third-order valence-corrected chi connectivity index (χ3v) is 3.35. The van der Waals surface area contributed by atoms with E-state index in [1.54, 1.807) is 0 Å². The van der Waals surface area contributed by atoms with E-state index in [2.05, 4.69) is 10.6 Å². The molecular formula is C12H12F2N2O4S. The van der Waals surface area contributed by atoms with Gasteiger partial charge in [-0.1, -0.05) is 6.07 Å². The molecule has 0 fully saturated rings. The molecule has 1 unspecified atom stereocenters. The van der Waals surface area contributed by atoms with Crippen molar-refractivity contribution in [3.63, 3.8) is 0 Å². The van der Waals surface area contributed by atoms with Gasteiger partial charge in [-0.05, 0) is 12.1 Å². The van der Waals surface area contributed by atoms with Gasteiger partial charge >= 0.3 is 5.97 Å². The quantitative estimate of drug-likeness (QED) is 0.617. The zero-order chi connectivity index (χ0) is 15.8. The highest BCUT2D eigenvalue weighted by Gasteiger charge is 2.17. The lowest BCUT2D eigenvalue weighted by Crippen LogP contribution is -2.38. The Morgan fingerprint density at radius 3 is 2.48 bits per heavy atom. The summed E-state index contributed by atoms with van der Waals surface area (Å²) in [5.74, 6) is -3.99. The van der Waals surface area contributed by atoms with Crippen molar-refractivity contribution in [2.24, 2.45) is 0 Å². The summed E-state index contributed by atoms with van der Waals surface area (Å²) < 4.78 is 26.6. The number of para-hydroxylation sites is 1. The van der Waals surface area contributed by atoms with Crippen LogP contribution < -0.4 is 10.6 Å². The summed E-state index contributed by atoms with van der Waals surface area (Å²) >= 11 is 0.910. The summed E-state index contributed by atoms with van der Waals surface area (Å²) in [6, 6.07) is 2.03. The first-order valence-electron chi connectivity index (χ1n) is 5.69. The Balaban J connectivity index is 2.48. The van der Waals surface area contributed by atoms with Crippen molar-refractivity contribution in [1.82, 2.24) is 5.32 Å². The summed E-state index contributed by atoms with van der Waals surface area (Å²) in [5.41, 5.74) is -0.552. The number of halogens is 2. The first kappa shape index (κ1) is 16.9. The molecule has 0 radical (unpaired) electrons. The van der Waals surface area contributed by atoms with Crippen molar-refractivity contribution in [2.45, 2.75) is 6.04 Å². The summed E-state index contributed by atoms with van der Waals surface area (Å²) in [6.07, 6.45) is 0.244. The van der Waals surface area contributed by atoms with Crippen molar-refractivity contribution < 1.29 is 28.3 Å². The van der Waals surface area contributed by atoms with E-state index in [9.17, 15) is 23.2 Å². The summed E-state index contributed by atoms with van der Waals surface area (Å²) in [4.78, 5) is 32.4. The highest BCUT2D eigenvalue weighted by Crippen LogP contribution is 2.18. The van der Waals surface area contributed by atoms with Crippen LogP contribution in [0.1, 0.15) is 0 Å². The Bertz CT molecular complexity index is 522. The van der Waals surface area contributed by atoms with Crippen LogP contribution in [0.15, 0.2) is 18.2 Å². The molecule has 0 aliphatic rings. The topological polar surface area (TPSA) is 95.5 Å². The van der Waals surface area contributed by atoms with E-state index >= 15 is 0 Å². The van der Waals surface area contributed by atoms with Gasteiger partial charge in [-0.25, -0.2) is 13.6 Å². The smallest absolute Gasteiger partial charge is 0.327 e. The molecule has 114 valence electrons. The molecule has 0 aliphatic carbocycles. The van der Waals surface area contributed by atoms with Gasteiger partial charge in [0.15, 0.2) is 0 Å². The van der Waals surface area contributed by atoms with Crippen molar-refractivity contribution in [1.29, 1.82) is 0 Å². The number of thioether (sulfide) groups is 1. The molecule has 0 heterocycles. The average Bonchev–Trinajstić information content (AvgIpc) is 2.42. The SMILES string of the molecule is O=CNC(CSCC(=O)Nc1c(F)cccc1F)C(=O)O. The first-order chi connectivity index (χ1) is 9.95. The Morgan fingerprint density at radius 2 is 1.95 bits per heavy atom. The number of carboxylic acid groups (broad SMARTS) is 1. The van der Waals surface area contributed by atoms with Crippen LogP contribution in [0.4, 0.5) is 14.5 Å². The van der Waals surface area contributed by atoms with E-state index in [1.165, 1.54) is 0 Å². The zero-order valence-electron chi connectivity index (χ0n) is 10.6. The number of aliphatic carboxylic acids is 1. The number of benzene rings is 1. The van der Waals surface area contributed by atoms with Gasteiger partial charge in [-0.3, -0.25) is 9.59 Å². The summed E-state index contributed by atoms with van der Waals surface area (Å²) in [6.45, 7) is 0. The van der Waals surface area contributed by atoms with Crippen LogP contribution >= 0.6 is 11.8 Å². The third kappa shape index (κ3) is 5.38. The molecule has 0 aromatic heterocycles. The highest BCUT2D eigenvalue weighted by atomic mass is 32.2. The van der Waals surface area contributed by atoms with Crippen LogP contribution in [0.3, 0.4) is 0 Å².